The SMILES string of the molecule is OC1c2ccccc2CCC1c1ccc(Cl)cc1. The lowest BCUT2D eigenvalue weighted by atomic mass is 9.78. The molecule has 1 aliphatic carbocycles. The van der Waals surface area contributed by atoms with E-state index in [0.717, 1.165) is 23.4 Å². The van der Waals surface area contributed by atoms with E-state index in [-0.39, 0.29) is 5.92 Å². The largest absolute Gasteiger partial charge is 0.388 e. The van der Waals surface area contributed by atoms with Gasteiger partial charge in [-0.25, -0.2) is 0 Å². The number of fused-ring (bicyclic) bond motifs is 1. The number of aliphatic hydroxyl groups excluding tert-OH is 1. The van der Waals surface area contributed by atoms with E-state index in [1.54, 1.807) is 0 Å². The Kier molecular flexibility index (Phi) is 3.11. The molecular weight excluding hydrogens is 244 g/mol. The molecule has 0 saturated heterocycles. The molecular formula is C16H15ClO. The Morgan fingerprint density at radius 3 is 2.50 bits per heavy atom. The van der Waals surface area contributed by atoms with Gasteiger partial charge in [0, 0.05) is 10.9 Å². The van der Waals surface area contributed by atoms with Crippen LogP contribution in [0.5, 0.6) is 0 Å². The minimum atomic E-state index is -0.406. The van der Waals surface area contributed by atoms with Crippen LogP contribution in [-0.2, 0) is 6.42 Å². The van der Waals surface area contributed by atoms with Crippen molar-refractivity contribution in [2.24, 2.45) is 0 Å². The number of hydrogen-bond acceptors (Lipinski definition) is 1. The second-order valence-electron chi connectivity index (χ2n) is 4.84. The van der Waals surface area contributed by atoms with Gasteiger partial charge in [0.2, 0.25) is 0 Å². The number of hydrogen-bond donors (Lipinski definition) is 1. The van der Waals surface area contributed by atoms with Crippen molar-refractivity contribution in [1.82, 2.24) is 0 Å². The van der Waals surface area contributed by atoms with Crippen LogP contribution in [0.15, 0.2) is 48.5 Å². The van der Waals surface area contributed by atoms with Crippen molar-refractivity contribution < 1.29 is 5.11 Å². The third-order valence-electron chi connectivity index (χ3n) is 3.78. The second kappa shape index (κ2) is 4.75. The summed E-state index contributed by atoms with van der Waals surface area (Å²) in [6.45, 7) is 0. The molecule has 1 N–H and O–H groups in total. The fraction of sp³-hybridized carbons (Fsp3) is 0.250. The summed E-state index contributed by atoms with van der Waals surface area (Å²) in [7, 11) is 0. The molecule has 0 spiro atoms. The van der Waals surface area contributed by atoms with Crippen molar-refractivity contribution in [2.45, 2.75) is 24.9 Å². The summed E-state index contributed by atoms with van der Waals surface area (Å²) in [5, 5.41) is 11.3. The van der Waals surface area contributed by atoms with Crippen molar-refractivity contribution in [1.29, 1.82) is 0 Å². The van der Waals surface area contributed by atoms with Gasteiger partial charge in [-0.3, -0.25) is 0 Å². The average Bonchev–Trinajstić information content (AvgIpc) is 2.41. The lowest BCUT2D eigenvalue weighted by molar-refractivity contribution is 0.131. The molecule has 1 nitrogen and oxygen atoms in total. The van der Waals surface area contributed by atoms with Crippen LogP contribution < -0.4 is 0 Å². The van der Waals surface area contributed by atoms with Crippen LogP contribution in [0.25, 0.3) is 0 Å². The van der Waals surface area contributed by atoms with Crippen LogP contribution in [-0.4, -0.2) is 5.11 Å². The van der Waals surface area contributed by atoms with E-state index in [2.05, 4.69) is 6.07 Å². The van der Waals surface area contributed by atoms with Crippen molar-refractivity contribution in [3.8, 4) is 0 Å². The highest BCUT2D eigenvalue weighted by Crippen LogP contribution is 2.40. The molecule has 2 heteroatoms. The van der Waals surface area contributed by atoms with Crippen molar-refractivity contribution in [2.75, 3.05) is 0 Å². The Hall–Kier alpha value is -1.31. The molecule has 0 radical (unpaired) electrons. The highest BCUT2D eigenvalue weighted by molar-refractivity contribution is 6.30. The third kappa shape index (κ3) is 2.05. The van der Waals surface area contributed by atoms with E-state index in [4.69, 9.17) is 11.6 Å². The maximum atomic E-state index is 10.5. The van der Waals surface area contributed by atoms with Crippen LogP contribution >= 0.6 is 11.6 Å². The van der Waals surface area contributed by atoms with Gasteiger partial charge in [-0.2, -0.15) is 0 Å². The summed E-state index contributed by atoms with van der Waals surface area (Å²) in [5.41, 5.74) is 3.51. The van der Waals surface area contributed by atoms with Gasteiger partial charge >= 0.3 is 0 Å². The van der Waals surface area contributed by atoms with Gasteiger partial charge in [0.25, 0.3) is 0 Å². The molecule has 0 saturated carbocycles. The van der Waals surface area contributed by atoms with Gasteiger partial charge in [-0.1, -0.05) is 48.0 Å². The smallest absolute Gasteiger partial charge is 0.0861 e. The van der Waals surface area contributed by atoms with Crippen LogP contribution in [0.4, 0.5) is 0 Å². The fourth-order valence-corrected chi connectivity index (χ4v) is 2.92. The molecule has 2 unspecified atom stereocenters. The van der Waals surface area contributed by atoms with E-state index in [9.17, 15) is 5.11 Å². The van der Waals surface area contributed by atoms with E-state index in [1.165, 1.54) is 11.1 Å². The summed E-state index contributed by atoms with van der Waals surface area (Å²) in [6, 6.07) is 16.0. The van der Waals surface area contributed by atoms with Crippen LogP contribution in [0.3, 0.4) is 0 Å². The summed E-state index contributed by atoms with van der Waals surface area (Å²) in [6.07, 6.45) is 1.61. The Balaban J connectivity index is 1.95. The molecule has 0 heterocycles. The summed E-state index contributed by atoms with van der Waals surface area (Å²) in [4.78, 5) is 0. The molecule has 3 rings (SSSR count). The molecule has 0 aromatic heterocycles. The summed E-state index contributed by atoms with van der Waals surface area (Å²) < 4.78 is 0. The van der Waals surface area contributed by atoms with E-state index < -0.39 is 6.10 Å². The van der Waals surface area contributed by atoms with E-state index in [0.29, 0.717) is 0 Å². The van der Waals surface area contributed by atoms with Crippen molar-refractivity contribution >= 4 is 11.6 Å². The molecule has 92 valence electrons. The highest BCUT2D eigenvalue weighted by Gasteiger charge is 2.28. The van der Waals surface area contributed by atoms with Gasteiger partial charge in [0.15, 0.2) is 0 Å². The Morgan fingerprint density at radius 2 is 1.72 bits per heavy atom. The van der Waals surface area contributed by atoms with Gasteiger partial charge < -0.3 is 5.11 Å². The number of aliphatic hydroxyl groups is 1. The van der Waals surface area contributed by atoms with Crippen molar-refractivity contribution in [3.05, 3.63) is 70.2 Å². The maximum Gasteiger partial charge on any atom is 0.0861 e. The average molecular weight is 259 g/mol. The summed E-state index contributed by atoms with van der Waals surface area (Å²) >= 11 is 5.91. The molecule has 2 atom stereocenters. The zero-order valence-electron chi connectivity index (χ0n) is 10.0. The zero-order valence-corrected chi connectivity index (χ0v) is 10.8. The van der Waals surface area contributed by atoms with Crippen LogP contribution in [0.2, 0.25) is 5.02 Å². The number of aryl methyl sites for hydroxylation is 1. The molecule has 1 aliphatic rings. The Labute approximate surface area is 112 Å². The molecule has 18 heavy (non-hydrogen) atoms. The van der Waals surface area contributed by atoms with Crippen LogP contribution in [0, 0.1) is 0 Å². The first-order valence-electron chi connectivity index (χ1n) is 6.27. The number of rotatable bonds is 1. The molecule has 0 amide bonds. The molecule has 0 fully saturated rings. The van der Waals surface area contributed by atoms with Crippen molar-refractivity contribution in [3.63, 3.8) is 0 Å². The monoisotopic (exact) mass is 258 g/mol. The molecule has 2 aromatic rings. The predicted molar refractivity (Wildman–Crippen MR) is 73.9 cm³/mol. The highest BCUT2D eigenvalue weighted by atomic mass is 35.5. The lowest BCUT2D eigenvalue weighted by Crippen LogP contribution is -2.18. The van der Waals surface area contributed by atoms with Gasteiger partial charge in [-0.15, -0.1) is 0 Å². The standard InChI is InChI=1S/C16H15ClO/c17-13-8-5-12(6-9-13)15-10-7-11-3-1-2-4-14(11)16(15)18/h1-6,8-9,15-16,18H,7,10H2. The Morgan fingerprint density at radius 1 is 1.00 bits per heavy atom. The second-order valence-corrected chi connectivity index (χ2v) is 5.28. The maximum absolute atomic E-state index is 10.5. The minimum absolute atomic E-state index is 0.178. The van der Waals surface area contributed by atoms with E-state index in [1.807, 2.05) is 42.5 Å². The first-order valence-corrected chi connectivity index (χ1v) is 6.65. The zero-order chi connectivity index (χ0) is 12.5. The summed E-state index contributed by atoms with van der Waals surface area (Å²) in [5.74, 6) is 0.178. The number of benzene rings is 2. The molecule has 0 bridgehead atoms. The van der Waals surface area contributed by atoms with Crippen LogP contribution in [0.1, 0.15) is 35.1 Å². The minimum Gasteiger partial charge on any atom is -0.388 e. The molecule has 2 aromatic carbocycles. The first-order chi connectivity index (χ1) is 8.75. The molecule has 0 aliphatic heterocycles. The third-order valence-corrected chi connectivity index (χ3v) is 4.03. The predicted octanol–water partition coefficient (Wildman–Crippen LogP) is 4.10. The topological polar surface area (TPSA) is 20.2 Å². The Bertz CT molecular complexity index is 547. The number of halogens is 1. The van der Waals surface area contributed by atoms with Gasteiger partial charge in [0.1, 0.15) is 0 Å². The fourth-order valence-electron chi connectivity index (χ4n) is 2.79. The van der Waals surface area contributed by atoms with Gasteiger partial charge in [0.05, 0.1) is 6.10 Å². The van der Waals surface area contributed by atoms with Gasteiger partial charge in [-0.05, 0) is 41.7 Å². The lowest BCUT2D eigenvalue weighted by Gasteiger charge is -2.30. The normalized spacial score (nSPS) is 22.6. The quantitative estimate of drug-likeness (QED) is 0.816. The first kappa shape index (κ1) is 11.8. The van der Waals surface area contributed by atoms with E-state index >= 15 is 0 Å².